The second-order valence-electron chi connectivity index (χ2n) is 8.45. The zero-order chi connectivity index (χ0) is 25.2. The highest BCUT2D eigenvalue weighted by Gasteiger charge is 2.32. The molecule has 1 aromatic heterocycles. The third-order valence-corrected chi connectivity index (χ3v) is 8.03. The van der Waals surface area contributed by atoms with Crippen molar-refractivity contribution < 1.29 is 31.1 Å². The van der Waals surface area contributed by atoms with Crippen LogP contribution in [0.15, 0.2) is 47.5 Å². The Morgan fingerprint density at radius 1 is 1.09 bits per heavy atom. The van der Waals surface area contributed by atoms with Crippen LogP contribution in [0, 0.1) is 0 Å². The first-order valence-electron chi connectivity index (χ1n) is 11.1. The number of morpholine rings is 1. The summed E-state index contributed by atoms with van der Waals surface area (Å²) in [4.78, 5) is 17.3. The van der Waals surface area contributed by atoms with Crippen LogP contribution in [0.25, 0.3) is 0 Å². The number of nitrogens with two attached hydrogens (primary N) is 1. The molecule has 0 spiro atoms. The fourth-order valence-corrected chi connectivity index (χ4v) is 5.60. The molecule has 0 aliphatic carbocycles. The van der Waals surface area contributed by atoms with Crippen molar-refractivity contribution in [3.8, 4) is 0 Å². The quantitative estimate of drug-likeness (QED) is 0.607. The Morgan fingerprint density at radius 2 is 1.77 bits per heavy atom. The molecule has 1 unspecified atom stereocenters. The number of piperidine rings is 1. The summed E-state index contributed by atoms with van der Waals surface area (Å²) >= 11 is 0. The predicted molar refractivity (Wildman–Crippen MR) is 122 cm³/mol. The number of primary amides is 1. The van der Waals surface area contributed by atoms with E-state index in [1.807, 2.05) is 4.90 Å². The van der Waals surface area contributed by atoms with Gasteiger partial charge in [0.25, 0.3) is 0 Å². The van der Waals surface area contributed by atoms with Crippen LogP contribution in [-0.2, 0) is 25.7 Å². The number of amides is 1. The largest absolute Gasteiger partial charge is 0.417 e. The minimum absolute atomic E-state index is 0.104. The second kappa shape index (κ2) is 9.99. The summed E-state index contributed by atoms with van der Waals surface area (Å²) in [6.45, 7) is 1.75. The van der Waals surface area contributed by atoms with Gasteiger partial charge in [0.15, 0.2) is 6.10 Å². The summed E-state index contributed by atoms with van der Waals surface area (Å²) in [5, 5.41) is 3.08. The number of pyridine rings is 1. The van der Waals surface area contributed by atoms with E-state index < -0.39 is 33.8 Å². The lowest BCUT2D eigenvalue weighted by Crippen LogP contribution is -2.48. The summed E-state index contributed by atoms with van der Waals surface area (Å²) in [7, 11) is -3.70. The number of nitrogens with one attached hydrogen (secondary N) is 1. The third kappa shape index (κ3) is 5.85. The number of carbonyl (C=O) groups is 1. The fourth-order valence-electron chi connectivity index (χ4n) is 4.13. The zero-order valence-electron chi connectivity index (χ0n) is 18.7. The number of halogens is 3. The lowest BCUT2D eigenvalue weighted by atomic mass is 10.1. The third-order valence-electron chi connectivity index (χ3n) is 6.12. The van der Waals surface area contributed by atoms with E-state index in [0.29, 0.717) is 38.4 Å². The van der Waals surface area contributed by atoms with Gasteiger partial charge in [0.2, 0.25) is 15.9 Å². The number of sulfonamides is 1. The van der Waals surface area contributed by atoms with Gasteiger partial charge in [-0.1, -0.05) is 0 Å². The fraction of sp³-hybridized carbons (Fsp3) is 0.455. The SMILES string of the molecule is NC(=O)C1CN(c2ccc(S(=O)(=O)N3CCC(Nc4ccc(C(F)(F)F)cn4)CC3)cc2)CCO1. The number of aromatic nitrogens is 1. The predicted octanol–water partition coefficient (Wildman–Crippen LogP) is 2.06. The molecule has 1 aromatic carbocycles. The number of carbonyl (C=O) groups excluding carboxylic acids is 1. The molecule has 190 valence electrons. The van der Waals surface area contributed by atoms with Gasteiger partial charge in [-0.3, -0.25) is 4.79 Å². The first-order valence-corrected chi connectivity index (χ1v) is 12.5. The van der Waals surface area contributed by atoms with E-state index in [4.69, 9.17) is 10.5 Å². The van der Waals surface area contributed by atoms with E-state index >= 15 is 0 Å². The number of hydrogen-bond acceptors (Lipinski definition) is 7. The van der Waals surface area contributed by atoms with Crippen molar-refractivity contribution in [1.29, 1.82) is 0 Å². The first kappa shape index (κ1) is 25.2. The van der Waals surface area contributed by atoms with Gasteiger partial charge >= 0.3 is 6.18 Å². The van der Waals surface area contributed by atoms with Crippen molar-refractivity contribution in [3.05, 3.63) is 48.2 Å². The van der Waals surface area contributed by atoms with Crippen molar-refractivity contribution in [1.82, 2.24) is 9.29 Å². The normalized spacial score (nSPS) is 20.5. The maximum Gasteiger partial charge on any atom is 0.417 e. The summed E-state index contributed by atoms with van der Waals surface area (Å²) in [6.07, 6.45) is -3.40. The molecule has 35 heavy (non-hydrogen) atoms. The molecular weight excluding hydrogens is 487 g/mol. The molecule has 2 saturated heterocycles. The molecule has 3 N–H and O–H groups in total. The van der Waals surface area contributed by atoms with E-state index in [-0.39, 0.29) is 24.0 Å². The molecule has 0 bridgehead atoms. The van der Waals surface area contributed by atoms with Gasteiger partial charge in [-0.05, 0) is 49.2 Å². The van der Waals surface area contributed by atoms with Gasteiger partial charge in [-0.15, -0.1) is 0 Å². The maximum absolute atomic E-state index is 13.1. The molecule has 1 atom stereocenters. The van der Waals surface area contributed by atoms with Gasteiger partial charge < -0.3 is 20.7 Å². The molecular formula is C22H26F3N5O4S. The first-order chi connectivity index (χ1) is 16.5. The van der Waals surface area contributed by atoms with Crippen LogP contribution in [0.1, 0.15) is 18.4 Å². The van der Waals surface area contributed by atoms with Crippen molar-refractivity contribution in [3.63, 3.8) is 0 Å². The van der Waals surface area contributed by atoms with Crippen LogP contribution >= 0.6 is 0 Å². The number of rotatable bonds is 6. The molecule has 2 aromatic rings. The van der Waals surface area contributed by atoms with Gasteiger partial charge in [-0.2, -0.15) is 17.5 Å². The lowest BCUT2D eigenvalue weighted by Gasteiger charge is -2.33. The Kier molecular flexibility index (Phi) is 7.20. The molecule has 1 amide bonds. The van der Waals surface area contributed by atoms with Gasteiger partial charge in [-0.25, -0.2) is 13.4 Å². The molecule has 2 aliphatic rings. The number of hydrogen-bond donors (Lipinski definition) is 2. The van der Waals surface area contributed by atoms with Crippen molar-refractivity contribution in [2.75, 3.05) is 43.0 Å². The Morgan fingerprint density at radius 3 is 2.34 bits per heavy atom. The van der Waals surface area contributed by atoms with Crippen LogP contribution in [0.5, 0.6) is 0 Å². The van der Waals surface area contributed by atoms with E-state index in [9.17, 15) is 26.4 Å². The molecule has 3 heterocycles. The Balaban J connectivity index is 1.34. The van der Waals surface area contributed by atoms with Crippen LogP contribution in [0.2, 0.25) is 0 Å². The van der Waals surface area contributed by atoms with Crippen LogP contribution < -0.4 is 16.0 Å². The van der Waals surface area contributed by atoms with Crippen LogP contribution in [-0.4, -0.2) is 68.5 Å². The molecule has 9 nitrogen and oxygen atoms in total. The summed E-state index contributed by atoms with van der Waals surface area (Å²) in [5.74, 6) is -0.225. The summed E-state index contributed by atoms with van der Waals surface area (Å²) < 4.78 is 71.0. The van der Waals surface area contributed by atoms with E-state index in [0.717, 1.165) is 18.0 Å². The summed E-state index contributed by atoms with van der Waals surface area (Å²) in [6, 6.07) is 8.59. The minimum atomic E-state index is -4.45. The lowest BCUT2D eigenvalue weighted by molar-refractivity contribution is -0.137. The minimum Gasteiger partial charge on any atom is -0.367 e. The monoisotopic (exact) mass is 513 g/mol. The smallest absolute Gasteiger partial charge is 0.367 e. The highest BCUT2D eigenvalue weighted by atomic mass is 32.2. The molecule has 0 saturated carbocycles. The average Bonchev–Trinajstić information content (AvgIpc) is 2.84. The highest BCUT2D eigenvalue weighted by Crippen LogP contribution is 2.29. The average molecular weight is 514 g/mol. The second-order valence-corrected chi connectivity index (χ2v) is 10.4. The topological polar surface area (TPSA) is 118 Å². The van der Waals surface area contributed by atoms with Gasteiger partial charge in [0.05, 0.1) is 23.6 Å². The van der Waals surface area contributed by atoms with Crippen LogP contribution in [0.4, 0.5) is 24.7 Å². The van der Waals surface area contributed by atoms with Crippen molar-refractivity contribution in [2.45, 2.75) is 36.1 Å². The molecule has 0 radical (unpaired) electrons. The van der Waals surface area contributed by atoms with E-state index in [1.54, 1.807) is 12.1 Å². The molecule has 13 heteroatoms. The Bertz CT molecular complexity index is 1140. The number of nitrogens with zero attached hydrogens (tertiary/aromatic N) is 3. The van der Waals surface area contributed by atoms with E-state index in [2.05, 4.69) is 10.3 Å². The number of anilines is 2. The number of benzene rings is 1. The Hall–Kier alpha value is -2.90. The number of alkyl halides is 3. The maximum atomic E-state index is 13.1. The highest BCUT2D eigenvalue weighted by molar-refractivity contribution is 7.89. The Labute approximate surface area is 201 Å². The standard InChI is InChI=1S/C22H26F3N5O4S/c23-22(24,25)15-1-6-20(27-13-15)28-16-7-9-30(10-8-16)35(32,33)18-4-2-17(3-5-18)29-11-12-34-19(14-29)21(26)31/h1-6,13,16,19H,7-12,14H2,(H2,26,31)(H,27,28). The zero-order valence-corrected chi connectivity index (χ0v) is 19.6. The summed E-state index contributed by atoms with van der Waals surface area (Å²) in [5.41, 5.74) is 5.27. The van der Waals surface area contributed by atoms with Crippen molar-refractivity contribution >= 4 is 27.4 Å². The van der Waals surface area contributed by atoms with Crippen molar-refractivity contribution in [2.24, 2.45) is 5.73 Å². The van der Waals surface area contributed by atoms with Gasteiger partial charge in [0.1, 0.15) is 5.82 Å². The molecule has 2 aliphatic heterocycles. The molecule has 2 fully saturated rings. The van der Waals surface area contributed by atoms with Crippen LogP contribution in [0.3, 0.4) is 0 Å². The number of ether oxygens (including phenoxy) is 1. The van der Waals surface area contributed by atoms with Gasteiger partial charge in [0, 0.05) is 37.6 Å². The van der Waals surface area contributed by atoms with E-state index in [1.165, 1.54) is 22.5 Å². The molecule has 4 rings (SSSR count).